The molecule has 0 aliphatic rings. The second-order valence-electron chi connectivity index (χ2n) is 3.67. The summed E-state index contributed by atoms with van der Waals surface area (Å²) in [5.74, 6) is 1.71. The first kappa shape index (κ1) is 13.3. The van der Waals surface area contributed by atoms with E-state index in [1.54, 1.807) is 6.08 Å². The molecule has 0 amide bonds. The van der Waals surface area contributed by atoms with Crippen LogP contribution in [-0.2, 0) is 0 Å². The van der Waals surface area contributed by atoms with Crippen LogP contribution in [0.2, 0.25) is 0 Å². The third-order valence-corrected chi connectivity index (χ3v) is 2.40. The lowest BCUT2D eigenvalue weighted by Crippen LogP contribution is -1.78. The number of allylic oxidation sites excluding steroid dienone is 3. The number of hydrogen-bond donors (Lipinski definition) is 0. The molecule has 0 aromatic carbocycles. The van der Waals surface area contributed by atoms with Crippen LogP contribution in [0.4, 0.5) is 0 Å². The van der Waals surface area contributed by atoms with Crippen LogP contribution in [0.3, 0.4) is 0 Å². The smallest absolute Gasteiger partial charge is 0.135 e. The Kier molecular flexibility index (Phi) is 5.28. The van der Waals surface area contributed by atoms with Gasteiger partial charge in [-0.25, -0.2) is 0 Å². The van der Waals surface area contributed by atoms with Gasteiger partial charge in [0.15, 0.2) is 0 Å². The van der Waals surface area contributed by atoms with Crippen molar-refractivity contribution in [2.45, 2.75) is 27.2 Å². The molecular weight excluding hydrogens is 208 g/mol. The normalized spacial score (nSPS) is 12.2. The highest BCUT2D eigenvalue weighted by Crippen LogP contribution is 2.28. The van der Waals surface area contributed by atoms with E-state index in [2.05, 4.69) is 31.7 Å². The minimum Gasteiger partial charge on any atom is -0.456 e. The largest absolute Gasteiger partial charge is 0.456 e. The number of rotatable bonds is 5. The van der Waals surface area contributed by atoms with Gasteiger partial charge in [0.2, 0.25) is 0 Å². The van der Waals surface area contributed by atoms with Crippen LogP contribution in [0, 0.1) is 0 Å². The SMILES string of the molecule is C=Cc1oc(/C=C\C)c(/C=C\CC)c1/C=C\C. The summed E-state index contributed by atoms with van der Waals surface area (Å²) in [6.45, 7) is 9.90. The molecule has 0 aliphatic heterocycles. The lowest BCUT2D eigenvalue weighted by Gasteiger charge is -1.93. The Bertz CT molecular complexity index is 456. The number of furan rings is 1. The molecule has 1 aromatic rings. The first-order chi connectivity index (χ1) is 8.28. The highest BCUT2D eigenvalue weighted by molar-refractivity contribution is 5.76. The molecule has 17 heavy (non-hydrogen) atoms. The molecule has 0 bridgehead atoms. The van der Waals surface area contributed by atoms with Gasteiger partial charge < -0.3 is 4.42 Å². The summed E-state index contributed by atoms with van der Waals surface area (Å²) in [7, 11) is 0. The van der Waals surface area contributed by atoms with Crippen molar-refractivity contribution < 1.29 is 4.42 Å². The quantitative estimate of drug-likeness (QED) is 0.656. The van der Waals surface area contributed by atoms with E-state index in [1.165, 1.54) is 0 Å². The zero-order valence-electron chi connectivity index (χ0n) is 10.9. The Balaban J connectivity index is 3.40. The Morgan fingerprint density at radius 2 is 1.65 bits per heavy atom. The van der Waals surface area contributed by atoms with E-state index in [0.717, 1.165) is 29.1 Å². The summed E-state index contributed by atoms with van der Waals surface area (Å²) in [6.07, 6.45) is 15.1. The zero-order chi connectivity index (χ0) is 12.7. The molecule has 0 fully saturated rings. The third kappa shape index (κ3) is 3.10. The molecule has 90 valence electrons. The van der Waals surface area contributed by atoms with Crippen molar-refractivity contribution in [2.75, 3.05) is 0 Å². The van der Waals surface area contributed by atoms with Gasteiger partial charge in [0.25, 0.3) is 0 Å². The van der Waals surface area contributed by atoms with Crippen LogP contribution in [-0.4, -0.2) is 0 Å². The summed E-state index contributed by atoms with van der Waals surface area (Å²) in [5.41, 5.74) is 2.22. The maximum Gasteiger partial charge on any atom is 0.135 e. The summed E-state index contributed by atoms with van der Waals surface area (Å²) >= 11 is 0. The topological polar surface area (TPSA) is 13.1 Å². The molecule has 0 unspecified atom stereocenters. The molecule has 1 aromatic heterocycles. The highest BCUT2D eigenvalue weighted by Gasteiger charge is 2.12. The molecular formula is C16H20O. The molecule has 0 saturated carbocycles. The molecule has 1 heteroatoms. The molecule has 1 rings (SSSR count). The average molecular weight is 228 g/mol. The highest BCUT2D eigenvalue weighted by atomic mass is 16.3. The monoisotopic (exact) mass is 228 g/mol. The van der Waals surface area contributed by atoms with Crippen LogP contribution in [0.5, 0.6) is 0 Å². The summed E-state index contributed by atoms with van der Waals surface area (Å²) < 4.78 is 5.78. The molecule has 1 nitrogen and oxygen atoms in total. The summed E-state index contributed by atoms with van der Waals surface area (Å²) in [5, 5.41) is 0. The molecule has 1 heterocycles. The van der Waals surface area contributed by atoms with E-state index in [0.29, 0.717) is 0 Å². The van der Waals surface area contributed by atoms with Crippen LogP contribution in [0.15, 0.2) is 29.2 Å². The third-order valence-electron chi connectivity index (χ3n) is 2.40. The Morgan fingerprint density at radius 3 is 2.18 bits per heavy atom. The fourth-order valence-corrected chi connectivity index (χ4v) is 1.67. The maximum absolute atomic E-state index is 5.78. The van der Waals surface area contributed by atoms with E-state index in [4.69, 9.17) is 4.42 Å². The zero-order valence-corrected chi connectivity index (χ0v) is 10.9. The lowest BCUT2D eigenvalue weighted by molar-refractivity contribution is 0.546. The van der Waals surface area contributed by atoms with Gasteiger partial charge in [-0.1, -0.05) is 43.9 Å². The van der Waals surface area contributed by atoms with Crippen molar-refractivity contribution in [1.29, 1.82) is 0 Å². The summed E-state index contributed by atoms with van der Waals surface area (Å²) in [4.78, 5) is 0. The van der Waals surface area contributed by atoms with E-state index < -0.39 is 0 Å². The Morgan fingerprint density at radius 1 is 1.00 bits per heavy atom. The average Bonchev–Trinajstić information content (AvgIpc) is 2.65. The van der Waals surface area contributed by atoms with E-state index in [1.807, 2.05) is 32.1 Å². The van der Waals surface area contributed by atoms with Crippen molar-refractivity contribution in [3.63, 3.8) is 0 Å². The minimum atomic E-state index is 0.826. The van der Waals surface area contributed by atoms with Gasteiger partial charge in [-0.2, -0.15) is 0 Å². The van der Waals surface area contributed by atoms with Gasteiger partial charge in [0.05, 0.1) is 0 Å². The van der Waals surface area contributed by atoms with Crippen LogP contribution < -0.4 is 0 Å². The van der Waals surface area contributed by atoms with Crippen LogP contribution in [0.1, 0.15) is 49.8 Å². The van der Waals surface area contributed by atoms with Crippen molar-refractivity contribution in [3.05, 3.63) is 47.5 Å². The first-order valence-electron chi connectivity index (χ1n) is 5.99. The fourth-order valence-electron chi connectivity index (χ4n) is 1.67. The van der Waals surface area contributed by atoms with Crippen LogP contribution >= 0.6 is 0 Å². The van der Waals surface area contributed by atoms with Crippen molar-refractivity contribution >= 4 is 24.3 Å². The van der Waals surface area contributed by atoms with Crippen molar-refractivity contribution in [3.8, 4) is 0 Å². The number of hydrogen-bond acceptors (Lipinski definition) is 1. The second-order valence-corrected chi connectivity index (χ2v) is 3.67. The lowest BCUT2D eigenvalue weighted by atomic mass is 10.1. The van der Waals surface area contributed by atoms with Gasteiger partial charge in [-0.05, 0) is 32.4 Å². The molecule has 0 N–H and O–H groups in total. The van der Waals surface area contributed by atoms with E-state index in [-0.39, 0.29) is 0 Å². The van der Waals surface area contributed by atoms with Gasteiger partial charge >= 0.3 is 0 Å². The Labute approximate surface area is 104 Å². The molecule has 0 atom stereocenters. The molecule has 0 saturated heterocycles. The Hall–Kier alpha value is -1.76. The van der Waals surface area contributed by atoms with Gasteiger partial charge in [-0.3, -0.25) is 0 Å². The van der Waals surface area contributed by atoms with Crippen molar-refractivity contribution in [1.82, 2.24) is 0 Å². The van der Waals surface area contributed by atoms with E-state index >= 15 is 0 Å². The predicted molar refractivity (Wildman–Crippen MR) is 77.5 cm³/mol. The predicted octanol–water partition coefficient (Wildman–Crippen LogP) is 5.41. The minimum absolute atomic E-state index is 0.826. The maximum atomic E-state index is 5.78. The van der Waals surface area contributed by atoms with Crippen molar-refractivity contribution in [2.24, 2.45) is 0 Å². The van der Waals surface area contributed by atoms with Gasteiger partial charge in [-0.15, -0.1) is 0 Å². The molecule has 0 radical (unpaired) electrons. The summed E-state index contributed by atoms with van der Waals surface area (Å²) in [6, 6.07) is 0. The van der Waals surface area contributed by atoms with Gasteiger partial charge in [0.1, 0.15) is 11.5 Å². The molecule has 0 spiro atoms. The fraction of sp³-hybridized carbons (Fsp3) is 0.250. The standard InChI is InChI=1S/C16H20O/c1-5-9-12-14-13(10-6-2)15(8-4)17-16(14)11-7-3/h6-12H,4-5H2,1-3H3/b10-6-,11-7-,12-9-. The van der Waals surface area contributed by atoms with E-state index in [9.17, 15) is 0 Å². The first-order valence-corrected chi connectivity index (χ1v) is 5.99. The molecule has 0 aliphatic carbocycles. The van der Waals surface area contributed by atoms with Gasteiger partial charge in [0, 0.05) is 11.1 Å². The second kappa shape index (κ2) is 6.74. The van der Waals surface area contributed by atoms with Crippen LogP contribution in [0.25, 0.3) is 24.3 Å².